The molecule has 0 radical (unpaired) electrons. The summed E-state index contributed by atoms with van der Waals surface area (Å²) >= 11 is 7.43. The first-order chi connectivity index (χ1) is 24.1. The number of esters is 1. The summed E-state index contributed by atoms with van der Waals surface area (Å²) in [6.45, 7) is 1.33. The zero-order valence-corrected chi connectivity index (χ0v) is 29.9. The van der Waals surface area contributed by atoms with Gasteiger partial charge in [0.15, 0.2) is 16.4 Å². The first kappa shape index (κ1) is 38.8. The second-order valence-electron chi connectivity index (χ2n) is 10.9. The van der Waals surface area contributed by atoms with E-state index in [0.717, 1.165) is 20.8 Å². The molecule has 0 aliphatic carbocycles. The minimum absolute atomic E-state index is 0. The van der Waals surface area contributed by atoms with Gasteiger partial charge >= 0.3 is 5.97 Å². The molecule has 5 aromatic rings. The molecule has 0 saturated carbocycles. The van der Waals surface area contributed by atoms with Gasteiger partial charge in [0.2, 0.25) is 0 Å². The van der Waals surface area contributed by atoms with Crippen molar-refractivity contribution >= 4 is 66.5 Å². The zero-order valence-electron chi connectivity index (χ0n) is 27.5. The van der Waals surface area contributed by atoms with Crippen molar-refractivity contribution < 1.29 is 42.5 Å². The van der Waals surface area contributed by atoms with Crippen molar-refractivity contribution in [3.8, 4) is 11.5 Å². The predicted molar refractivity (Wildman–Crippen MR) is 195 cm³/mol. The topological polar surface area (TPSA) is 181 Å². The number of ether oxygens (including phenoxy) is 3. The summed E-state index contributed by atoms with van der Waals surface area (Å²) in [5, 5.41) is 6.51. The van der Waals surface area contributed by atoms with Gasteiger partial charge in [0.1, 0.15) is 29.7 Å². The van der Waals surface area contributed by atoms with Gasteiger partial charge in [-0.2, -0.15) is 0 Å². The number of thiazole rings is 1. The Balaban J connectivity index is 0.00000583. The molecule has 4 N–H and O–H groups in total. The number of aryl methyl sites for hydroxylation is 1. The maximum Gasteiger partial charge on any atom is 0.325 e. The van der Waals surface area contributed by atoms with Gasteiger partial charge in [-0.25, -0.2) is 13.4 Å². The number of hydrogen-bond acceptors (Lipinski definition) is 10. The van der Waals surface area contributed by atoms with Crippen LogP contribution in [-0.4, -0.2) is 62.2 Å². The third kappa shape index (κ3) is 11.2. The quantitative estimate of drug-likeness (QED) is 0.124. The molecule has 0 saturated heterocycles. The predicted octanol–water partition coefficient (Wildman–Crippen LogP) is 5.42. The Labute approximate surface area is 303 Å². The van der Waals surface area contributed by atoms with Crippen LogP contribution in [0, 0.1) is 0 Å². The Morgan fingerprint density at radius 2 is 1.71 bits per heavy atom. The standard InChI is InChI=1S/C36H34ClN3O8S2.H2O/c1-2-46-35(42)21-38-33(41)22-48-31-17-12-24(7-6-18-50(44,45)28-15-13-26(37)14-16-28)19-30(31)40-36(43)25-8-5-9-27(20-25)47-23-34-39-29-10-3-4-11-32(29)49-34;/h3-5,8-17,19-20H,2,6-7,18,21-23H2,1H3,(H,38,41)(H,40,43);1H2. The Morgan fingerprint density at radius 1 is 0.922 bits per heavy atom. The highest BCUT2D eigenvalue weighted by molar-refractivity contribution is 7.91. The van der Waals surface area contributed by atoms with E-state index in [1.807, 2.05) is 24.3 Å². The molecule has 15 heteroatoms. The summed E-state index contributed by atoms with van der Waals surface area (Å²) in [5.41, 5.74) is 2.21. The Hall–Kier alpha value is -5.02. The van der Waals surface area contributed by atoms with Crippen LogP contribution in [0.4, 0.5) is 5.69 Å². The van der Waals surface area contributed by atoms with Crippen LogP contribution in [0.5, 0.6) is 11.5 Å². The molecule has 5 rings (SSSR count). The van der Waals surface area contributed by atoms with E-state index in [4.69, 9.17) is 25.8 Å². The fraction of sp³-hybridized carbons (Fsp3) is 0.222. The van der Waals surface area contributed by atoms with Gasteiger partial charge in [0, 0.05) is 10.6 Å². The summed E-state index contributed by atoms with van der Waals surface area (Å²) in [7, 11) is -3.53. The second kappa shape index (κ2) is 18.3. The number of carbonyl (C=O) groups is 3. The zero-order chi connectivity index (χ0) is 35.5. The largest absolute Gasteiger partial charge is 0.486 e. The van der Waals surface area contributed by atoms with Crippen LogP contribution < -0.4 is 20.1 Å². The Kier molecular flexibility index (Phi) is 13.9. The van der Waals surface area contributed by atoms with Crippen molar-refractivity contribution in [3.05, 3.63) is 112 Å². The van der Waals surface area contributed by atoms with Crippen molar-refractivity contribution in [3.63, 3.8) is 0 Å². The number of anilines is 1. The first-order valence-corrected chi connectivity index (χ1v) is 18.5. The molecule has 0 aliphatic heterocycles. The highest BCUT2D eigenvalue weighted by atomic mass is 35.5. The maximum absolute atomic E-state index is 13.5. The molecule has 0 aliphatic rings. The van der Waals surface area contributed by atoms with Crippen molar-refractivity contribution in [1.29, 1.82) is 0 Å². The molecule has 0 bridgehead atoms. The summed E-state index contributed by atoms with van der Waals surface area (Å²) in [6, 6.07) is 25.5. The van der Waals surface area contributed by atoms with Gasteiger partial charge in [0.25, 0.3) is 11.8 Å². The number of fused-ring (bicyclic) bond motifs is 1. The van der Waals surface area contributed by atoms with Crippen LogP contribution in [0.1, 0.15) is 34.3 Å². The summed E-state index contributed by atoms with van der Waals surface area (Å²) in [4.78, 5) is 42.2. The van der Waals surface area contributed by atoms with Gasteiger partial charge < -0.3 is 30.3 Å². The molecule has 1 heterocycles. The lowest BCUT2D eigenvalue weighted by Crippen LogP contribution is -2.34. The fourth-order valence-corrected chi connectivity index (χ4v) is 7.13. The average molecular weight is 754 g/mol. The molecule has 4 aromatic carbocycles. The van der Waals surface area contributed by atoms with E-state index >= 15 is 0 Å². The van der Waals surface area contributed by atoms with E-state index in [9.17, 15) is 22.8 Å². The molecule has 51 heavy (non-hydrogen) atoms. The van der Waals surface area contributed by atoms with Crippen molar-refractivity contribution in [2.24, 2.45) is 0 Å². The summed E-state index contributed by atoms with van der Waals surface area (Å²) in [6.07, 6.45) is 0.688. The number of sulfone groups is 1. The molecule has 0 unspecified atom stereocenters. The highest BCUT2D eigenvalue weighted by Crippen LogP contribution is 2.29. The van der Waals surface area contributed by atoms with E-state index < -0.39 is 34.2 Å². The molecule has 0 spiro atoms. The lowest BCUT2D eigenvalue weighted by molar-refractivity contribution is -0.143. The molecule has 0 fully saturated rings. The van der Waals surface area contributed by atoms with Crippen LogP contribution in [0.3, 0.4) is 0 Å². The smallest absolute Gasteiger partial charge is 0.325 e. The molecular formula is C36H36ClN3O9S2. The number of rotatable bonds is 16. The molecule has 1 aromatic heterocycles. The molecular weight excluding hydrogens is 718 g/mol. The minimum Gasteiger partial charge on any atom is -0.486 e. The van der Waals surface area contributed by atoms with Gasteiger partial charge in [0.05, 0.1) is 33.2 Å². The Morgan fingerprint density at radius 3 is 2.47 bits per heavy atom. The average Bonchev–Trinajstić information content (AvgIpc) is 3.53. The van der Waals surface area contributed by atoms with Gasteiger partial charge in [-0.3, -0.25) is 14.4 Å². The second-order valence-corrected chi connectivity index (χ2v) is 14.6. The lowest BCUT2D eigenvalue weighted by Gasteiger charge is -2.15. The molecule has 2 amide bonds. The molecule has 12 nitrogen and oxygen atoms in total. The van der Waals surface area contributed by atoms with Crippen LogP contribution in [0.2, 0.25) is 5.02 Å². The third-order valence-corrected chi connectivity index (χ3v) is 10.3. The van der Waals surface area contributed by atoms with E-state index in [1.54, 1.807) is 49.4 Å². The minimum atomic E-state index is -3.53. The highest BCUT2D eigenvalue weighted by Gasteiger charge is 2.17. The van der Waals surface area contributed by atoms with Gasteiger partial charge in [-0.15, -0.1) is 11.3 Å². The molecule has 0 atom stereocenters. The van der Waals surface area contributed by atoms with Crippen LogP contribution in [0.25, 0.3) is 10.2 Å². The van der Waals surface area contributed by atoms with E-state index in [1.165, 1.54) is 35.6 Å². The van der Waals surface area contributed by atoms with Gasteiger partial charge in [-0.05, 0) is 92.1 Å². The number of carbonyl (C=O) groups excluding carboxylic acids is 3. The summed E-state index contributed by atoms with van der Waals surface area (Å²) in [5.74, 6) is -1.03. The molecule has 268 valence electrons. The Bertz CT molecular complexity index is 2050. The van der Waals surface area contributed by atoms with Crippen molar-refractivity contribution in [1.82, 2.24) is 10.3 Å². The number of hydrogen-bond donors (Lipinski definition) is 2. The van der Waals surface area contributed by atoms with E-state index in [0.29, 0.717) is 29.2 Å². The number of para-hydroxylation sites is 1. The third-order valence-electron chi connectivity index (χ3n) is 7.23. The monoisotopic (exact) mass is 753 g/mol. The fourth-order valence-electron chi connectivity index (χ4n) is 4.81. The number of nitrogens with zero attached hydrogens (tertiary/aromatic N) is 1. The van der Waals surface area contributed by atoms with Crippen LogP contribution in [-0.2, 0) is 37.2 Å². The lowest BCUT2D eigenvalue weighted by atomic mass is 10.1. The summed E-state index contributed by atoms with van der Waals surface area (Å²) < 4.78 is 43.2. The van der Waals surface area contributed by atoms with E-state index in [-0.39, 0.29) is 47.3 Å². The number of nitrogens with one attached hydrogen (secondary N) is 2. The SMILES string of the molecule is CCOC(=O)CNC(=O)COc1ccc(CCCS(=O)(=O)c2ccc(Cl)cc2)cc1NC(=O)c1cccc(OCc2nc3ccccc3s2)c1.O. The number of amides is 2. The van der Waals surface area contributed by atoms with Crippen molar-refractivity contribution in [2.45, 2.75) is 31.3 Å². The number of benzene rings is 4. The number of halogens is 1. The van der Waals surface area contributed by atoms with Crippen LogP contribution >= 0.6 is 22.9 Å². The number of aromatic nitrogens is 1. The normalized spacial score (nSPS) is 10.9. The van der Waals surface area contributed by atoms with Crippen molar-refractivity contribution in [2.75, 3.05) is 30.8 Å². The first-order valence-electron chi connectivity index (χ1n) is 15.6. The maximum atomic E-state index is 13.5. The van der Waals surface area contributed by atoms with Crippen LogP contribution in [0.15, 0.2) is 95.9 Å². The van der Waals surface area contributed by atoms with E-state index in [2.05, 4.69) is 15.6 Å². The van der Waals surface area contributed by atoms with Gasteiger partial charge in [-0.1, -0.05) is 35.9 Å².